The third kappa shape index (κ3) is 3.21. The van der Waals surface area contributed by atoms with Gasteiger partial charge >= 0.3 is 0 Å². The van der Waals surface area contributed by atoms with Gasteiger partial charge in [0.2, 0.25) is 10.0 Å². The average Bonchev–Trinajstić information content (AvgIpc) is 2.99. The van der Waals surface area contributed by atoms with Crippen LogP contribution in [0, 0.1) is 5.82 Å². The number of sulfonamides is 1. The van der Waals surface area contributed by atoms with Gasteiger partial charge in [0.25, 0.3) is 0 Å². The lowest BCUT2D eigenvalue weighted by Gasteiger charge is -2.08. The predicted molar refractivity (Wildman–Crippen MR) is 88.2 cm³/mol. The van der Waals surface area contributed by atoms with Gasteiger partial charge in [-0.05, 0) is 54.6 Å². The van der Waals surface area contributed by atoms with E-state index >= 15 is 0 Å². The molecule has 0 aliphatic heterocycles. The molecule has 0 fully saturated rings. The summed E-state index contributed by atoms with van der Waals surface area (Å²) in [6.45, 7) is 0.246. The SMILES string of the molecule is NCc1cc(-c2ccc(F)cc2)n(-c2ccc(S(N)(=O)=O)cc2)n1. The van der Waals surface area contributed by atoms with E-state index in [0.717, 1.165) is 11.3 Å². The van der Waals surface area contributed by atoms with E-state index in [0.29, 0.717) is 11.4 Å². The first-order valence-electron chi connectivity index (χ1n) is 7.06. The van der Waals surface area contributed by atoms with E-state index in [9.17, 15) is 12.8 Å². The van der Waals surface area contributed by atoms with E-state index in [1.165, 1.54) is 24.3 Å². The maximum absolute atomic E-state index is 13.1. The van der Waals surface area contributed by atoms with Gasteiger partial charge in [-0.15, -0.1) is 0 Å². The van der Waals surface area contributed by atoms with Crippen LogP contribution < -0.4 is 10.9 Å². The zero-order valence-electron chi connectivity index (χ0n) is 12.6. The lowest BCUT2D eigenvalue weighted by atomic mass is 10.1. The van der Waals surface area contributed by atoms with Crippen molar-refractivity contribution in [1.82, 2.24) is 9.78 Å². The van der Waals surface area contributed by atoms with Gasteiger partial charge in [-0.25, -0.2) is 22.6 Å². The van der Waals surface area contributed by atoms with Crippen LogP contribution in [0.1, 0.15) is 5.69 Å². The first-order valence-corrected chi connectivity index (χ1v) is 8.61. The Morgan fingerprint density at radius 1 is 1.04 bits per heavy atom. The molecule has 8 heteroatoms. The summed E-state index contributed by atoms with van der Waals surface area (Å²) in [7, 11) is -3.76. The Bertz CT molecular complexity index is 964. The van der Waals surface area contributed by atoms with Gasteiger partial charge in [-0.3, -0.25) is 0 Å². The van der Waals surface area contributed by atoms with Gasteiger partial charge in [0.1, 0.15) is 5.82 Å². The van der Waals surface area contributed by atoms with Crippen molar-refractivity contribution in [3.05, 3.63) is 66.1 Å². The lowest BCUT2D eigenvalue weighted by molar-refractivity contribution is 0.597. The van der Waals surface area contributed by atoms with Crippen LogP contribution in [0.25, 0.3) is 16.9 Å². The Labute approximate surface area is 138 Å². The molecule has 3 aromatic rings. The van der Waals surface area contributed by atoms with Crippen LogP contribution >= 0.6 is 0 Å². The number of benzene rings is 2. The highest BCUT2D eigenvalue weighted by Crippen LogP contribution is 2.25. The minimum absolute atomic E-state index is 0.0146. The maximum Gasteiger partial charge on any atom is 0.238 e. The largest absolute Gasteiger partial charge is 0.325 e. The van der Waals surface area contributed by atoms with Crippen molar-refractivity contribution in [2.45, 2.75) is 11.4 Å². The van der Waals surface area contributed by atoms with E-state index in [4.69, 9.17) is 10.9 Å². The maximum atomic E-state index is 13.1. The zero-order valence-corrected chi connectivity index (χ0v) is 13.4. The van der Waals surface area contributed by atoms with Crippen molar-refractivity contribution in [1.29, 1.82) is 0 Å². The summed E-state index contributed by atoms with van der Waals surface area (Å²) in [5.74, 6) is -0.332. The van der Waals surface area contributed by atoms with Crippen LogP contribution in [-0.2, 0) is 16.6 Å². The van der Waals surface area contributed by atoms with Crippen LogP contribution in [0.2, 0.25) is 0 Å². The molecule has 0 unspecified atom stereocenters. The second-order valence-corrected chi connectivity index (χ2v) is 6.74. The van der Waals surface area contributed by atoms with E-state index in [1.54, 1.807) is 35.0 Å². The third-order valence-electron chi connectivity index (χ3n) is 3.52. The van der Waals surface area contributed by atoms with Crippen LogP contribution in [0.4, 0.5) is 4.39 Å². The molecule has 1 heterocycles. The van der Waals surface area contributed by atoms with E-state index in [1.807, 2.05) is 0 Å². The van der Waals surface area contributed by atoms with Crippen LogP contribution in [0.15, 0.2) is 59.5 Å². The highest BCUT2D eigenvalue weighted by Gasteiger charge is 2.13. The van der Waals surface area contributed by atoms with Gasteiger partial charge in [0.15, 0.2) is 0 Å². The standard InChI is InChI=1S/C16H15FN4O2S/c17-12-3-1-11(2-4-12)16-9-13(10-18)20-21(16)14-5-7-15(8-6-14)24(19,22)23/h1-9H,10,18H2,(H2,19,22,23). The summed E-state index contributed by atoms with van der Waals surface area (Å²) in [4.78, 5) is 0.0146. The molecule has 2 aromatic carbocycles. The van der Waals surface area contributed by atoms with Crippen LogP contribution in [-0.4, -0.2) is 18.2 Å². The smallest absolute Gasteiger partial charge is 0.238 e. The second-order valence-electron chi connectivity index (χ2n) is 5.18. The van der Waals surface area contributed by atoms with E-state index < -0.39 is 10.0 Å². The summed E-state index contributed by atoms with van der Waals surface area (Å²) in [6.07, 6.45) is 0. The van der Waals surface area contributed by atoms with Crippen molar-refractivity contribution in [3.63, 3.8) is 0 Å². The summed E-state index contributed by atoms with van der Waals surface area (Å²) in [5, 5.41) is 9.51. The number of nitrogens with zero attached hydrogens (tertiary/aromatic N) is 2. The van der Waals surface area contributed by atoms with Gasteiger partial charge < -0.3 is 5.73 Å². The minimum Gasteiger partial charge on any atom is -0.325 e. The first kappa shape index (κ1) is 16.3. The van der Waals surface area contributed by atoms with Gasteiger partial charge in [0, 0.05) is 12.1 Å². The summed E-state index contributed by atoms with van der Waals surface area (Å²) in [5.41, 5.74) is 8.44. The van der Waals surface area contributed by atoms with Gasteiger partial charge in [-0.1, -0.05) is 0 Å². The topological polar surface area (TPSA) is 104 Å². The number of aromatic nitrogens is 2. The molecule has 0 aliphatic rings. The molecular weight excluding hydrogens is 331 g/mol. The molecule has 0 spiro atoms. The Morgan fingerprint density at radius 2 is 1.67 bits per heavy atom. The zero-order chi connectivity index (χ0) is 17.3. The minimum atomic E-state index is -3.76. The number of primary sulfonamides is 1. The summed E-state index contributed by atoms with van der Waals surface area (Å²) >= 11 is 0. The molecule has 0 saturated heterocycles. The number of rotatable bonds is 4. The van der Waals surface area contributed by atoms with Gasteiger partial charge in [0.05, 0.1) is 22.0 Å². The fourth-order valence-corrected chi connectivity index (χ4v) is 2.85. The molecule has 124 valence electrons. The van der Waals surface area contributed by atoms with Crippen molar-refractivity contribution in [3.8, 4) is 16.9 Å². The molecule has 4 N–H and O–H groups in total. The fourth-order valence-electron chi connectivity index (χ4n) is 2.33. The Morgan fingerprint density at radius 3 is 2.21 bits per heavy atom. The number of hydrogen-bond acceptors (Lipinski definition) is 4. The highest BCUT2D eigenvalue weighted by molar-refractivity contribution is 7.89. The van der Waals surface area contributed by atoms with E-state index in [2.05, 4.69) is 5.10 Å². The molecule has 0 atom stereocenters. The molecule has 1 aromatic heterocycles. The number of halogens is 1. The monoisotopic (exact) mass is 346 g/mol. The second kappa shape index (κ2) is 6.16. The number of hydrogen-bond donors (Lipinski definition) is 2. The Kier molecular flexibility index (Phi) is 4.18. The molecule has 6 nitrogen and oxygen atoms in total. The molecule has 0 saturated carbocycles. The molecule has 3 rings (SSSR count). The Balaban J connectivity index is 2.10. The highest BCUT2D eigenvalue weighted by atomic mass is 32.2. The summed E-state index contributed by atoms with van der Waals surface area (Å²) < 4.78 is 37.5. The van der Waals surface area contributed by atoms with Crippen molar-refractivity contribution in [2.75, 3.05) is 0 Å². The Hall–Kier alpha value is -2.55. The van der Waals surface area contributed by atoms with Crippen molar-refractivity contribution < 1.29 is 12.8 Å². The predicted octanol–water partition coefficient (Wildman–Crippen LogP) is 1.78. The van der Waals surface area contributed by atoms with E-state index in [-0.39, 0.29) is 17.3 Å². The van der Waals surface area contributed by atoms with Crippen LogP contribution in [0.3, 0.4) is 0 Å². The molecule has 0 aliphatic carbocycles. The molecule has 24 heavy (non-hydrogen) atoms. The molecule has 0 radical (unpaired) electrons. The molecule has 0 bridgehead atoms. The number of nitrogens with two attached hydrogens (primary N) is 2. The summed E-state index contributed by atoms with van der Waals surface area (Å²) in [6, 6.07) is 13.8. The van der Waals surface area contributed by atoms with Crippen molar-refractivity contribution in [2.24, 2.45) is 10.9 Å². The first-order chi connectivity index (χ1) is 11.4. The third-order valence-corrected chi connectivity index (χ3v) is 4.45. The normalized spacial score (nSPS) is 11.6. The fraction of sp³-hybridized carbons (Fsp3) is 0.0625. The van der Waals surface area contributed by atoms with Crippen molar-refractivity contribution >= 4 is 10.0 Å². The quantitative estimate of drug-likeness (QED) is 0.751. The van der Waals surface area contributed by atoms with Gasteiger partial charge in [-0.2, -0.15) is 5.10 Å². The van der Waals surface area contributed by atoms with Crippen LogP contribution in [0.5, 0.6) is 0 Å². The molecule has 0 amide bonds. The molecular formula is C16H15FN4O2S. The average molecular weight is 346 g/mol. The lowest BCUT2D eigenvalue weighted by Crippen LogP contribution is -2.12.